The van der Waals surface area contributed by atoms with Crippen LogP contribution in [0.5, 0.6) is 0 Å². The molecule has 0 aliphatic carbocycles. The maximum absolute atomic E-state index is 4.66. The molecule has 1 aromatic carbocycles. The number of piperidine rings is 1. The van der Waals surface area contributed by atoms with Crippen molar-refractivity contribution in [3.63, 3.8) is 0 Å². The lowest BCUT2D eigenvalue weighted by atomic mass is 9.99. The van der Waals surface area contributed by atoms with Crippen LogP contribution in [-0.2, 0) is 0 Å². The summed E-state index contributed by atoms with van der Waals surface area (Å²) in [5, 5.41) is 11.6. The third-order valence-corrected chi connectivity index (χ3v) is 4.48. The molecule has 1 saturated heterocycles. The molecule has 2 aromatic rings. The number of para-hydroxylation sites is 1. The molecule has 122 valence electrons. The number of hydrogen-bond donors (Lipinski definition) is 1. The van der Waals surface area contributed by atoms with Gasteiger partial charge in [-0.25, -0.2) is 0 Å². The molecule has 0 unspecified atom stereocenters. The highest BCUT2D eigenvalue weighted by Gasteiger charge is 2.18. The second-order valence-corrected chi connectivity index (χ2v) is 6.67. The molecule has 1 aliphatic heterocycles. The molecule has 0 radical (unpaired) electrons. The predicted molar refractivity (Wildman–Crippen MR) is 94.3 cm³/mol. The van der Waals surface area contributed by atoms with E-state index in [-0.39, 0.29) is 0 Å². The van der Waals surface area contributed by atoms with Crippen LogP contribution in [0.2, 0.25) is 0 Å². The molecule has 1 aromatic heterocycles. The molecule has 0 amide bonds. The highest BCUT2D eigenvalue weighted by atomic mass is 15.3. The Bertz CT molecular complexity index is 647. The first kappa shape index (κ1) is 15.7. The van der Waals surface area contributed by atoms with Crippen LogP contribution in [0.3, 0.4) is 0 Å². The van der Waals surface area contributed by atoms with Gasteiger partial charge in [0.15, 0.2) is 5.82 Å². The number of anilines is 3. The smallest absolute Gasteiger partial charge is 0.249 e. The number of hydrogen-bond acceptors (Lipinski definition) is 5. The van der Waals surface area contributed by atoms with E-state index in [1.54, 1.807) is 6.20 Å². The molecule has 1 aliphatic rings. The van der Waals surface area contributed by atoms with Crippen molar-refractivity contribution in [3.8, 4) is 0 Å². The Hall–Kier alpha value is -2.17. The van der Waals surface area contributed by atoms with Gasteiger partial charge in [-0.15, -0.1) is 5.10 Å². The molecule has 23 heavy (non-hydrogen) atoms. The van der Waals surface area contributed by atoms with Crippen molar-refractivity contribution in [2.24, 2.45) is 5.92 Å². The molecule has 5 nitrogen and oxygen atoms in total. The topological polar surface area (TPSA) is 53.9 Å². The summed E-state index contributed by atoms with van der Waals surface area (Å²) in [6, 6.07) is 8.28. The van der Waals surface area contributed by atoms with Gasteiger partial charge in [-0.1, -0.05) is 39.0 Å². The van der Waals surface area contributed by atoms with Gasteiger partial charge in [0.25, 0.3) is 0 Å². The van der Waals surface area contributed by atoms with Gasteiger partial charge in [-0.3, -0.25) is 0 Å². The first-order valence-corrected chi connectivity index (χ1v) is 8.44. The number of nitrogens with zero attached hydrogens (tertiary/aromatic N) is 4. The Kier molecular flexibility index (Phi) is 4.74. The first-order chi connectivity index (χ1) is 11.1. The Morgan fingerprint density at radius 2 is 1.91 bits per heavy atom. The van der Waals surface area contributed by atoms with E-state index >= 15 is 0 Å². The number of nitrogens with one attached hydrogen (secondary N) is 1. The van der Waals surface area contributed by atoms with Crippen molar-refractivity contribution in [1.82, 2.24) is 15.2 Å². The summed E-state index contributed by atoms with van der Waals surface area (Å²) in [7, 11) is 0. The van der Waals surface area contributed by atoms with Crippen molar-refractivity contribution in [1.29, 1.82) is 0 Å². The van der Waals surface area contributed by atoms with Gasteiger partial charge >= 0.3 is 0 Å². The van der Waals surface area contributed by atoms with Gasteiger partial charge in [0.1, 0.15) is 0 Å². The van der Waals surface area contributed by atoms with E-state index in [1.165, 1.54) is 18.4 Å². The van der Waals surface area contributed by atoms with Gasteiger partial charge in [0.05, 0.1) is 6.20 Å². The van der Waals surface area contributed by atoms with Gasteiger partial charge in [0.2, 0.25) is 5.95 Å². The standard InChI is InChI=1S/C18H25N5/c1-13(2)15-6-4-5-7-16(15)20-18-21-17(12-19-22-18)23-10-8-14(3)9-11-23/h4-7,12-14H,8-11H2,1-3H3,(H,20,21,22). The number of rotatable bonds is 4. The van der Waals surface area contributed by atoms with Crippen LogP contribution in [0.25, 0.3) is 0 Å². The van der Waals surface area contributed by atoms with Crippen LogP contribution in [0.1, 0.15) is 45.1 Å². The van der Waals surface area contributed by atoms with Crippen molar-refractivity contribution in [3.05, 3.63) is 36.0 Å². The molecule has 0 atom stereocenters. The fourth-order valence-corrected chi connectivity index (χ4v) is 2.97. The minimum Gasteiger partial charge on any atom is -0.355 e. The van der Waals surface area contributed by atoms with E-state index in [1.807, 2.05) is 6.07 Å². The third-order valence-electron chi connectivity index (χ3n) is 4.48. The Labute approximate surface area is 138 Å². The average molecular weight is 311 g/mol. The molecular formula is C18H25N5. The second kappa shape index (κ2) is 6.94. The quantitative estimate of drug-likeness (QED) is 0.925. The van der Waals surface area contributed by atoms with Crippen molar-refractivity contribution in [2.45, 2.75) is 39.5 Å². The van der Waals surface area contributed by atoms with E-state index in [4.69, 9.17) is 0 Å². The molecule has 1 N–H and O–H groups in total. The van der Waals surface area contributed by atoms with E-state index < -0.39 is 0 Å². The minimum absolute atomic E-state index is 0.443. The van der Waals surface area contributed by atoms with Gasteiger partial charge in [0, 0.05) is 18.8 Å². The fraction of sp³-hybridized carbons (Fsp3) is 0.500. The maximum Gasteiger partial charge on any atom is 0.249 e. The summed E-state index contributed by atoms with van der Waals surface area (Å²) in [6.07, 6.45) is 4.18. The van der Waals surface area contributed by atoms with Crippen LogP contribution in [-0.4, -0.2) is 28.3 Å². The van der Waals surface area contributed by atoms with Crippen LogP contribution >= 0.6 is 0 Å². The minimum atomic E-state index is 0.443. The Morgan fingerprint density at radius 1 is 1.17 bits per heavy atom. The van der Waals surface area contributed by atoms with Crippen LogP contribution in [0.4, 0.5) is 17.5 Å². The Balaban J connectivity index is 1.78. The van der Waals surface area contributed by atoms with E-state index in [9.17, 15) is 0 Å². The summed E-state index contributed by atoms with van der Waals surface area (Å²) in [5.41, 5.74) is 2.31. The Morgan fingerprint density at radius 3 is 2.65 bits per heavy atom. The summed E-state index contributed by atoms with van der Waals surface area (Å²) in [6.45, 7) is 8.77. The fourth-order valence-electron chi connectivity index (χ4n) is 2.97. The molecular weight excluding hydrogens is 286 g/mol. The van der Waals surface area contributed by atoms with Crippen LogP contribution in [0, 0.1) is 5.92 Å². The van der Waals surface area contributed by atoms with E-state index in [0.717, 1.165) is 30.5 Å². The van der Waals surface area contributed by atoms with Crippen LogP contribution in [0.15, 0.2) is 30.5 Å². The third kappa shape index (κ3) is 3.78. The molecule has 0 saturated carbocycles. The highest BCUT2D eigenvalue weighted by molar-refractivity contribution is 5.60. The number of benzene rings is 1. The van der Waals surface area contributed by atoms with Gasteiger partial charge in [-0.05, 0) is 36.3 Å². The first-order valence-electron chi connectivity index (χ1n) is 8.44. The zero-order valence-electron chi connectivity index (χ0n) is 14.2. The van der Waals surface area contributed by atoms with E-state index in [0.29, 0.717) is 11.9 Å². The summed E-state index contributed by atoms with van der Waals surface area (Å²) < 4.78 is 0. The molecule has 1 fully saturated rings. The largest absolute Gasteiger partial charge is 0.355 e. The van der Waals surface area contributed by atoms with Crippen LogP contribution < -0.4 is 10.2 Å². The zero-order chi connectivity index (χ0) is 16.2. The average Bonchev–Trinajstić information content (AvgIpc) is 2.56. The SMILES string of the molecule is CC1CCN(c2cnnc(Nc3ccccc3C(C)C)n2)CC1. The summed E-state index contributed by atoms with van der Waals surface area (Å²) in [4.78, 5) is 6.96. The lowest BCUT2D eigenvalue weighted by Crippen LogP contribution is -2.33. The lowest BCUT2D eigenvalue weighted by molar-refractivity contribution is 0.436. The molecule has 0 bridgehead atoms. The number of aromatic nitrogens is 3. The summed E-state index contributed by atoms with van der Waals surface area (Å²) in [5.74, 6) is 2.72. The van der Waals surface area contributed by atoms with E-state index in [2.05, 4.69) is 64.4 Å². The maximum atomic E-state index is 4.66. The lowest BCUT2D eigenvalue weighted by Gasteiger charge is -2.30. The van der Waals surface area contributed by atoms with Crippen molar-refractivity contribution in [2.75, 3.05) is 23.3 Å². The monoisotopic (exact) mass is 311 g/mol. The van der Waals surface area contributed by atoms with Gasteiger partial charge < -0.3 is 10.2 Å². The molecule has 0 spiro atoms. The van der Waals surface area contributed by atoms with Crippen molar-refractivity contribution >= 4 is 17.5 Å². The van der Waals surface area contributed by atoms with Crippen molar-refractivity contribution < 1.29 is 0 Å². The molecule has 5 heteroatoms. The normalized spacial score (nSPS) is 15.9. The highest BCUT2D eigenvalue weighted by Crippen LogP contribution is 2.26. The predicted octanol–water partition coefficient (Wildman–Crippen LogP) is 3.97. The summed E-state index contributed by atoms with van der Waals surface area (Å²) >= 11 is 0. The zero-order valence-corrected chi connectivity index (χ0v) is 14.2. The molecule has 3 rings (SSSR count). The molecule has 2 heterocycles. The van der Waals surface area contributed by atoms with Gasteiger partial charge in [-0.2, -0.15) is 10.1 Å². The second-order valence-electron chi connectivity index (χ2n) is 6.67.